The van der Waals surface area contributed by atoms with Crippen molar-refractivity contribution in [3.8, 4) is 5.69 Å². The molecule has 2 heterocycles. The van der Waals surface area contributed by atoms with Gasteiger partial charge in [0, 0.05) is 30.7 Å². The number of rotatable bonds is 6. The number of amides is 1. The van der Waals surface area contributed by atoms with E-state index in [2.05, 4.69) is 35.2 Å². The van der Waals surface area contributed by atoms with E-state index in [0.29, 0.717) is 10.6 Å². The van der Waals surface area contributed by atoms with Gasteiger partial charge in [-0.15, -0.1) is 0 Å². The van der Waals surface area contributed by atoms with E-state index in [9.17, 15) is 4.79 Å². The van der Waals surface area contributed by atoms with Gasteiger partial charge in [0.15, 0.2) is 0 Å². The lowest BCUT2D eigenvalue weighted by molar-refractivity contribution is 0.0913. The summed E-state index contributed by atoms with van der Waals surface area (Å²) in [6, 6.07) is 7.74. The first kappa shape index (κ1) is 20.6. The third kappa shape index (κ3) is 5.03. The molecular weight excluding hydrogens is 372 g/mol. The number of piperidine rings is 1. The molecule has 0 spiro atoms. The SMILES string of the molecule is CCc1c(C(=O)NC2CCN(CC=C(C)C)CC2)cnn1-c1cccc(Cl)c1. The molecule has 6 heteroatoms. The zero-order valence-corrected chi connectivity index (χ0v) is 17.7. The smallest absolute Gasteiger partial charge is 0.254 e. The van der Waals surface area contributed by atoms with Crippen molar-refractivity contribution < 1.29 is 4.79 Å². The molecule has 3 rings (SSSR count). The van der Waals surface area contributed by atoms with Crippen LogP contribution in [0.15, 0.2) is 42.1 Å². The van der Waals surface area contributed by atoms with E-state index < -0.39 is 0 Å². The molecule has 1 fully saturated rings. The molecule has 0 unspecified atom stereocenters. The Morgan fingerprint density at radius 1 is 1.32 bits per heavy atom. The van der Waals surface area contributed by atoms with Gasteiger partial charge in [0.2, 0.25) is 0 Å². The highest BCUT2D eigenvalue weighted by molar-refractivity contribution is 6.30. The van der Waals surface area contributed by atoms with Crippen LogP contribution in [0.4, 0.5) is 0 Å². The van der Waals surface area contributed by atoms with Gasteiger partial charge in [-0.3, -0.25) is 9.69 Å². The highest BCUT2D eigenvalue weighted by Gasteiger charge is 2.23. The van der Waals surface area contributed by atoms with Crippen molar-refractivity contribution in [2.75, 3.05) is 19.6 Å². The lowest BCUT2D eigenvalue weighted by Gasteiger charge is -2.31. The quantitative estimate of drug-likeness (QED) is 0.737. The monoisotopic (exact) mass is 400 g/mol. The summed E-state index contributed by atoms with van der Waals surface area (Å²) in [4.78, 5) is 15.3. The van der Waals surface area contributed by atoms with Crippen LogP contribution in [0.5, 0.6) is 0 Å². The van der Waals surface area contributed by atoms with Gasteiger partial charge in [-0.05, 0) is 51.3 Å². The summed E-state index contributed by atoms with van der Waals surface area (Å²) < 4.78 is 1.81. The topological polar surface area (TPSA) is 50.2 Å². The molecule has 1 saturated heterocycles. The van der Waals surface area contributed by atoms with Crippen LogP contribution < -0.4 is 5.32 Å². The van der Waals surface area contributed by atoms with Gasteiger partial charge in [-0.25, -0.2) is 4.68 Å². The first-order valence-electron chi connectivity index (χ1n) is 9.97. The molecule has 1 aliphatic rings. The Labute approximate surface area is 172 Å². The Kier molecular flexibility index (Phi) is 6.92. The molecule has 5 nitrogen and oxygen atoms in total. The van der Waals surface area contributed by atoms with Crippen molar-refractivity contribution in [3.63, 3.8) is 0 Å². The van der Waals surface area contributed by atoms with Gasteiger partial charge in [-0.1, -0.05) is 36.2 Å². The zero-order chi connectivity index (χ0) is 20.1. The van der Waals surface area contributed by atoms with E-state index in [0.717, 1.165) is 50.3 Å². The number of likely N-dealkylation sites (tertiary alicyclic amines) is 1. The lowest BCUT2D eigenvalue weighted by Crippen LogP contribution is -2.44. The molecule has 1 aliphatic heterocycles. The molecule has 150 valence electrons. The molecule has 1 N–H and O–H groups in total. The third-order valence-electron chi connectivity index (χ3n) is 5.18. The Morgan fingerprint density at radius 3 is 2.71 bits per heavy atom. The number of benzene rings is 1. The van der Waals surface area contributed by atoms with E-state index >= 15 is 0 Å². The predicted molar refractivity (Wildman–Crippen MR) is 114 cm³/mol. The largest absolute Gasteiger partial charge is 0.349 e. The second kappa shape index (κ2) is 9.39. The summed E-state index contributed by atoms with van der Waals surface area (Å²) in [7, 11) is 0. The summed E-state index contributed by atoms with van der Waals surface area (Å²) in [5.74, 6) is -0.0344. The van der Waals surface area contributed by atoms with Gasteiger partial charge in [-0.2, -0.15) is 5.10 Å². The number of nitrogens with one attached hydrogen (secondary N) is 1. The number of carbonyl (C=O) groups is 1. The predicted octanol–water partition coefficient (Wildman–Crippen LogP) is 4.25. The summed E-state index contributed by atoms with van der Waals surface area (Å²) in [6.45, 7) is 9.31. The van der Waals surface area contributed by atoms with Gasteiger partial charge in [0.25, 0.3) is 5.91 Å². The molecule has 28 heavy (non-hydrogen) atoms. The Morgan fingerprint density at radius 2 is 2.07 bits per heavy atom. The van der Waals surface area contributed by atoms with Crippen molar-refractivity contribution in [2.24, 2.45) is 0 Å². The van der Waals surface area contributed by atoms with Crippen molar-refractivity contribution in [2.45, 2.75) is 46.1 Å². The number of carbonyl (C=O) groups excluding carboxylic acids is 1. The fourth-order valence-corrected chi connectivity index (χ4v) is 3.75. The molecule has 1 amide bonds. The van der Waals surface area contributed by atoms with Crippen molar-refractivity contribution in [1.29, 1.82) is 0 Å². The van der Waals surface area contributed by atoms with Crippen LogP contribution in [-0.2, 0) is 6.42 Å². The number of hydrogen-bond donors (Lipinski definition) is 1. The van der Waals surface area contributed by atoms with E-state index in [1.54, 1.807) is 6.20 Å². The van der Waals surface area contributed by atoms with Crippen LogP contribution >= 0.6 is 11.6 Å². The highest BCUT2D eigenvalue weighted by Crippen LogP contribution is 2.20. The van der Waals surface area contributed by atoms with Crippen LogP contribution in [0.2, 0.25) is 5.02 Å². The maximum atomic E-state index is 12.9. The fourth-order valence-electron chi connectivity index (χ4n) is 3.57. The van der Waals surface area contributed by atoms with E-state index in [1.807, 2.05) is 35.9 Å². The summed E-state index contributed by atoms with van der Waals surface area (Å²) >= 11 is 6.11. The third-order valence-corrected chi connectivity index (χ3v) is 5.42. The summed E-state index contributed by atoms with van der Waals surface area (Å²) in [6.07, 6.45) is 6.60. The van der Waals surface area contributed by atoms with Crippen molar-refractivity contribution in [3.05, 3.63) is 58.4 Å². The first-order chi connectivity index (χ1) is 13.5. The second-order valence-corrected chi connectivity index (χ2v) is 8.02. The van der Waals surface area contributed by atoms with Gasteiger partial charge in [0.05, 0.1) is 23.1 Å². The van der Waals surface area contributed by atoms with E-state index in [-0.39, 0.29) is 11.9 Å². The molecule has 0 bridgehead atoms. The molecule has 0 radical (unpaired) electrons. The minimum Gasteiger partial charge on any atom is -0.349 e. The zero-order valence-electron chi connectivity index (χ0n) is 16.9. The standard InChI is InChI=1S/C22H29ClN4O/c1-4-21-20(15-24-27(21)19-7-5-6-17(23)14-19)22(28)25-18-9-12-26(13-10-18)11-8-16(2)3/h5-8,14-15,18H,4,9-13H2,1-3H3,(H,25,28). The fraction of sp³-hybridized carbons (Fsp3) is 0.455. The average Bonchev–Trinajstić information content (AvgIpc) is 3.11. The molecule has 0 atom stereocenters. The van der Waals surface area contributed by atoms with Gasteiger partial charge >= 0.3 is 0 Å². The first-order valence-corrected chi connectivity index (χ1v) is 10.3. The molecular formula is C22H29ClN4O. The maximum absolute atomic E-state index is 12.9. The average molecular weight is 401 g/mol. The van der Waals surface area contributed by atoms with Crippen LogP contribution in [0.3, 0.4) is 0 Å². The number of hydrogen-bond acceptors (Lipinski definition) is 3. The highest BCUT2D eigenvalue weighted by atomic mass is 35.5. The van der Waals surface area contributed by atoms with Crippen molar-refractivity contribution >= 4 is 17.5 Å². The minimum atomic E-state index is -0.0344. The van der Waals surface area contributed by atoms with Crippen LogP contribution in [0, 0.1) is 0 Å². The van der Waals surface area contributed by atoms with Crippen LogP contribution in [0.1, 0.15) is 49.7 Å². The Bertz CT molecular complexity index is 846. The number of allylic oxidation sites excluding steroid dienone is 1. The molecule has 0 aliphatic carbocycles. The van der Waals surface area contributed by atoms with Gasteiger partial charge < -0.3 is 5.32 Å². The number of aromatic nitrogens is 2. The van der Waals surface area contributed by atoms with Crippen molar-refractivity contribution in [1.82, 2.24) is 20.0 Å². The van der Waals surface area contributed by atoms with Crippen LogP contribution in [0.25, 0.3) is 5.69 Å². The van der Waals surface area contributed by atoms with E-state index in [1.165, 1.54) is 5.57 Å². The molecule has 1 aromatic heterocycles. The summed E-state index contributed by atoms with van der Waals surface area (Å²) in [5.41, 5.74) is 3.77. The number of halogens is 1. The maximum Gasteiger partial charge on any atom is 0.254 e. The minimum absolute atomic E-state index is 0.0344. The molecule has 2 aromatic rings. The van der Waals surface area contributed by atoms with Gasteiger partial charge in [0.1, 0.15) is 0 Å². The number of nitrogens with zero attached hydrogens (tertiary/aromatic N) is 3. The normalized spacial score (nSPS) is 15.4. The lowest BCUT2D eigenvalue weighted by atomic mass is 10.0. The van der Waals surface area contributed by atoms with E-state index in [4.69, 9.17) is 11.6 Å². The second-order valence-electron chi connectivity index (χ2n) is 7.58. The molecule has 1 aromatic carbocycles. The van der Waals surface area contributed by atoms with Crippen LogP contribution in [-0.4, -0.2) is 46.3 Å². The Balaban J connectivity index is 1.65. The summed E-state index contributed by atoms with van der Waals surface area (Å²) in [5, 5.41) is 8.31. The Hall–Kier alpha value is -2.11. The molecule has 0 saturated carbocycles.